The van der Waals surface area contributed by atoms with Crippen LogP contribution in [-0.2, 0) is 28.0 Å². The standard InChI is InChI=1S/C16H23N5O3S/c1-13-8-21(9-14(2)24-13)25(22,23)19-7-15-3-5-16(6-4-15)10-20-12-17-11-18-20/h3-6,11-14,19H,7-10H2,1-2H3. The molecular formula is C16H23N5O3S. The first-order chi connectivity index (χ1) is 11.9. The van der Waals surface area contributed by atoms with E-state index in [0.29, 0.717) is 19.6 Å². The molecule has 0 amide bonds. The van der Waals surface area contributed by atoms with Crippen LogP contribution in [0.3, 0.4) is 0 Å². The topological polar surface area (TPSA) is 89.4 Å². The lowest BCUT2D eigenvalue weighted by Gasteiger charge is -2.34. The lowest BCUT2D eigenvalue weighted by molar-refractivity contribution is -0.0444. The quantitative estimate of drug-likeness (QED) is 0.817. The van der Waals surface area contributed by atoms with Crippen molar-refractivity contribution in [3.05, 3.63) is 48.0 Å². The fraction of sp³-hybridized carbons (Fsp3) is 0.500. The summed E-state index contributed by atoms with van der Waals surface area (Å²) in [6, 6.07) is 7.76. The van der Waals surface area contributed by atoms with Crippen LogP contribution < -0.4 is 4.72 Å². The Morgan fingerprint density at radius 1 is 1.16 bits per heavy atom. The van der Waals surface area contributed by atoms with Crippen LogP contribution in [0.4, 0.5) is 0 Å². The highest BCUT2D eigenvalue weighted by Gasteiger charge is 2.30. The van der Waals surface area contributed by atoms with Gasteiger partial charge in [-0.15, -0.1) is 0 Å². The van der Waals surface area contributed by atoms with Crippen molar-refractivity contribution in [1.82, 2.24) is 23.8 Å². The van der Waals surface area contributed by atoms with E-state index in [0.717, 1.165) is 11.1 Å². The normalized spacial score (nSPS) is 22.2. The molecule has 25 heavy (non-hydrogen) atoms. The Bertz CT molecular complexity index is 767. The molecule has 2 atom stereocenters. The Balaban J connectivity index is 1.57. The van der Waals surface area contributed by atoms with Gasteiger partial charge in [-0.05, 0) is 25.0 Å². The van der Waals surface area contributed by atoms with Gasteiger partial charge >= 0.3 is 0 Å². The molecule has 8 nitrogen and oxygen atoms in total. The minimum absolute atomic E-state index is 0.101. The zero-order chi connectivity index (χ0) is 17.9. The van der Waals surface area contributed by atoms with Gasteiger partial charge in [-0.3, -0.25) is 0 Å². The maximum Gasteiger partial charge on any atom is 0.279 e. The number of ether oxygens (including phenoxy) is 1. The zero-order valence-electron chi connectivity index (χ0n) is 14.4. The third-order valence-corrected chi connectivity index (χ3v) is 5.51. The molecule has 0 aliphatic carbocycles. The summed E-state index contributed by atoms with van der Waals surface area (Å²) >= 11 is 0. The highest BCUT2D eigenvalue weighted by Crippen LogP contribution is 2.14. The second-order valence-electron chi connectivity index (χ2n) is 6.31. The first kappa shape index (κ1) is 18.0. The maximum atomic E-state index is 12.5. The molecule has 1 aliphatic heterocycles. The Hall–Kier alpha value is -1.81. The van der Waals surface area contributed by atoms with Gasteiger partial charge in [-0.1, -0.05) is 24.3 Å². The van der Waals surface area contributed by atoms with E-state index in [1.165, 1.54) is 10.6 Å². The Morgan fingerprint density at radius 2 is 1.80 bits per heavy atom. The molecule has 2 aromatic rings. The average molecular weight is 365 g/mol. The molecule has 1 N–H and O–H groups in total. The van der Waals surface area contributed by atoms with Gasteiger partial charge in [0, 0.05) is 19.6 Å². The van der Waals surface area contributed by atoms with Crippen molar-refractivity contribution in [3.8, 4) is 0 Å². The van der Waals surface area contributed by atoms with Gasteiger partial charge in [-0.2, -0.15) is 22.5 Å². The van der Waals surface area contributed by atoms with Gasteiger partial charge in [0.05, 0.1) is 18.8 Å². The molecule has 1 aliphatic rings. The van der Waals surface area contributed by atoms with Crippen molar-refractivity contribution in [3.63, 3.8) is 0 Å². The third kappa shape index (κ3) is 4.85. The van der Waals surface area contributed by atoms with E-state index < -0.39 is 10.2 Å². The van der Waals surface area contributed by atoms with Crippen molar-refractivity contribution in [2.75, 3.05) is 13.1 Å². The van der Waals surface area contributed by atoms with Gasteiger partial charge in [0.1, 0.15) is 12.7 Å². The lowest BCUT2D eigenvalue weighted by atomic mass is 10.1. The molecular weight excluding hydrogens is 342 g/mol. The Kier molecular flexibility index (Phi) is 5.48. The van der Waals surface area contributed by atoms with E-state index in [-0.39, 0.29) is 18.8 Å². The predicted octanol–water partition coefficient (Wildman–Crippen LogP) is 0.770. The summed E-state index contributed by atoms with van der Waals surface area (Å²) in [5, 5.41) is 4.06. The van der Waals surface area contributed by atoms with Crippen molar-refractivity contribution in [2.24, 2.45) is 0 Å². The van der Waals surface area contributed by atoms with Gasteiger partial charge < -0.3 is 4.74 Å². The number of hydrogen-bond donors (Lipinski definition) is 1. The van der Waals surface area contributed by atoms with E-state index >= 15 is 0 Å². The molecule has 3 rings (SSSR count). The molecule has 0 bridgehead atoms. The summed E-state index contributed by atoms with van der Waals surface area (Å²) in [5.41, 5.74) is 1.98. The van der Waals surface area contributed by atoms with Gasteiger partial charge in [0.15, 0.2) is 0 Å². The van der Waals surface area contributed by atoms with Crippen LogP contribution in [0.2, 0.25) is 0 Å². The molecule has 1 saturated heterocycles. The van der Waals surface area contributed by atoms with Crippen molar-refractivity contribution >= 4 is 10.2 Å². The number of hydrogen-bond acceptors (Lipinski definition) is 5. The van der Waals surface area contributed by atoms with Crippen LogP contribution in [0, 0.1) is 0 Å². The lowest BCUT2D eigenvalue weighted by Crippen LogP contribution is -2.51. The van der Waals surface area contributed by atoms with Gasteiger partial charge in [-0.25, -0.2) is 9.67 Å². The fourth-order valence-corrected chi connectivity index (χ4v) is 4.20. The number of nitrogens with one attached hydrogen (secondary N) is 1. The van der Waals surface area contributed by atoms with E-state index in [2.05, 4.69) is 14.8 Å². The van der Waals surface area contributed by atoms with Crippen LogP contribution in [-0.4, -0.2) is 52.8 Å². The molecule has 9 heteroatoms. The summed E-state index contributed by atoms with van der Waals surface area (Å²) < 4.78 is 36.4. The summed E-state index contributed by atoms with van der Waals surface area (Å²) in [6.07, 6.45) is 2.95. The first-order valence-electron chi connectivity index (χ1n) is 8.23. The fourth-order valence-electron chi connectivity index (χ4n) is 2.86. The largest absolute Gasteiger partial charge is 0.373 e. The van der Waals surface area contributed by atoms with Crippen LogP contribution in [0.5, 0.6) is 0 Å². The van der Waals surface area contributed by atoms with Crippen molar-refractivity contribution in [1.29, 1.82) is 0 Å². The number of nitrogens with zero attached hydrogens (tertiary/aromatic N) is 4. The highest BCUT2D eigenvalue weighted by atomic mass is 32.2. The molecule has 1 aromatic carbocycles. The average Bonchev–Trinajstić information content (AvgIpc) is 3.06. The predicted molar refractivity (Wildman–Crippen MR) is 92.9 cm³/mol. The maximum absolute atomic E-state index is 12.5. The number of rotatable bonds is 6. The van der Waals surface area contributed by atoms with Crippen molar-refractivity contribution < 1.29 is 13.2 Å². The molecule has 0 saturated carbocycles. The van der Waals surface area contributed by atoms with E-state index in [9.17, 15) is 8.42 Å². The van der Waals surface area contributed by atoms with Crippen LogP contribution in [0.1, 0.15) is 25.0 Å². The summed E-state index contributed by atoms with van der Waals surface area (Å²) in [6.45, 7) is 5.40. The van der Waals surface area contributed by atoms with Gasteiger partial charge in [0.2, 0.25) is 0 Å². The van der Waals surface area contributed by atoms with Crippen molar-refractivity contribution in [2.45, 2.75) is 39.1 Å². The molecule has 136 valence electrons. The molecule has 0 radical (unpaired) electrons. The Labute approximate surface area is 148 Å². The highest BCUT2D eigenvalue weighted by molar-refractivity contribution is 7.87. The minimum atomic E-state index is -3.52. The number of morpholine rings is 1. The van der Waals surface area contributed by atoms with Gasteiger partial charge in [0.25, 0.3) is 10.2 Å². The molecule has 2 unspecified atom stereocenters. The smallest absolute Gasteiger partial charge is 0.279 e. The second kappa shape index (κ2) is 7.61. The summed E-state index contributed by atoms with van der Waals surface area (Å²) in [4.78, 5) is 3.91. The van der Waals surface area contributed by atoms with E-state index in [1.54, 1.807) is 11.0 Å². The third-order valence-electron chi connectivity index (χ3n) is 4.02. The molecule has 1 fully saturated rings. The minimum Gasteiger partial charge on any atom is -0.373 e. The van der Waals surface area contributed by atoms with Crippen LogP contribution in [0.15, 0.2) is 36.9 Å². The molecule has 0 spiro atoms. The van der Waals surface area contributed by atoms with E-state index in [1.807, 2.05) is 38.1 Å². The number of aromatic nitrogens is 3. The summed E-state index contributed by atoms with van der Waals surface area (Å²) in [7, 11) is -3.52. The van der Waals surface area contributed by atoms with E-state index in [4.69, 9.17) is 4.74 Å². The molecule has 1 aromatic heterocycles. The zero-order valence-corrected chi connectivity index (χ0v) is 15.2. The SMILES string of the molecule is CC1CN(S(=O)(=O)NCc2ccc(Cn3cncn3)cc2)CC(C)O1. The Morgan fingerprint density at radius 3 is 2.40 bits per heavy atom. The monoisotopic (exact) mass is 365 g/mol. The molecule has 2 heterocycles. The first-order valence-corrected chi connectivity index (χ1v) is 9.67. The van der Waals surface area contributed by atoms with Crippen LogP contribution >= 0.6 is 0 Å². The van der Waals surface area contributed by atoms with Crippen LogP contribution in [0.25, 0.3) is 0 Å². The second-order valence-corrected chi connectivity index (χ2v) is 8.07. The summed E-state index contributed by atoms with van der Waals surface area (Å²) in [5.74, 6) is 0. The number of benzene rings is 1.